The van der Waals surface area contributed by atoms with Gasteiger partial charge in [-0.2, -0.15) is 0 Å². The minimum Gasteiger partial charge on any atom is -0.480 e. The van der Waals surface area contributed by atoms with Crippen LogP contribution in [0.4, 0.5) is 0 Å². The third kappa shape index (κ3) is 1.95. The zero-order valence-corrected chi connectivity index (χ0v) is 8.65. The number of nitrogens with zero attached hydrogens (tertiary/aromatic N) is 1. The molecule has 1 N–H and O–H groups in total. The van der Waals surface area contributed by atoms with Crippen LogP contribution in [0, 0.1) is 5.41 Å². The first-order chi connectivity index (χ1) is 6.34. The molecule has 0 spiro atoms. The van der Waals surface area contributed by atoms with Gasteiger partial charge < -0.3 is 9.84 Å². The van der Waals surface area contributed by atoms with E-state index in [2.05, 4.69) is 11.6 Å². The van der Waals surface area contributed by atoms with Crippen LogP contribution in [0.5, 0.6) is 0 Å². The van der Waals surface area contributed by atoms with Gasteiger partial charge in [0, 0.05) is 0 Å². The van der Waals surface area contributed by atoms with Gasteiger partial charge in [-0.15, -0.1) is 0 Å². The first kappa shape index (κ1) is 10.8. The number of ether oxygens (including phenoxy) is 1. The summed E-state index contributed by atoms with van der Waals surface area (Å²) in [6, 6.07) is -0.846. The summed E-state index contributed by atoms with van der Waals surface area (Å²) >= 11 is 0. The summed E-state index contributed by atoms with van der Waals surface area (Å²) in [5.41, 5.74) is 0.578. The predicted octanol–water partition coefficient (Wildman–Crippen LogP) is 1.47. The molecule has 0 aromatic rings. The van der Waals surface area contributed by atoms with Gasteiger partial charge in [-0.25, -0.2) is 9.79 Å². The minimum absolute atomic E-state index is 0.175. The van der Waals surface area contributed by atoms with E-state index >= 15 is 0 Å². The Kier molecular flexibility index (Phi) is 2.64. The number of rotatable bonds is 2. The van der Waals surface area contributed by atoms with Crippen LogP contribution in [0.15, 0.2) is 17.1 Å². The van der Waals surface area contributed by atoms with Gasteiger partial charge in [0.05, 0.1) is 0 Å². The third-order valence-electron chi connectivity index (χ3n) is 2.28. The summed E-state index contributed by atoms with van der Waals surface area (Å²) in [7, 11) is 0. The molecule has 1 heterocycles. The van der Waals surface area contributed by atoms with E-state index in [1.165, 1.54) is 6.40 Å². The van der Waals surface area contributed by atoms with Crippen molar-refractivity contribution in [2.45, 2.75) is 32.9 Å². The molecule has 0 aromatic heterocycles. The highest BCUT2D eigenvalue weighted by molar-refractivity contribution is 5.78. The molecule has 78 valence electrons. The van der Waals surface area contributed by atoms with Crippen molar-refractivity contribution in [1.29, 1.82) is 0 Å². The lowest BCUT2D eigenvalue weighted by atomic mass is 9.82. The second kappa shape index (κ2) is 3.44. The summed E-state index contributed by atoms with van der Waals surface area (Å²) < 4.78 is 5.14. The monoisotopic (exact) mass is 197 g/mol. The summed E-state index contributed by atoms with van der Waals surface area (Å²) in [4.78, 5) is 14.6. The summed E-state index contributed by atoms with van der Waals surface area (Å²) in [6.07, 6.45) is 0.660. The fourth-order valence-corrected chi connectivity index (χ4v) is 1.21. The Morgan fingerprint density at radius 3 is 2.57 bits per heavy atom. The van der Waals surface area contributed by atoms with E-state index in [1.54, 1.807) is 0 Å². The first-order valence-corrected chi connectivity index (χ1v) is 4.43. The Hall–Kier alpha value is -1.32. The van der Waals surface area contributed by atoms with Crippen molar-refractivity contribution in [1.82, 2.24) is 0 Å². The van der Waals surface area contributed by atoms with E-state index < -0.39 is 18.1 Å². The van der Waals surface area contributed by atoms with Crippen molar-refractivity contribution in [3.8, 4) is 0 Å². The van der Waals surface area contributed by atoms with Crippen molar-refractivity contribution in [2.24, 2.45) is 10.4 Å². The van der Waals surface area contributed by atoms with Crippen LogP contribution in [0.2, 0.25) is 0 Å². The van der Waals surface area contributed by atoms with Crippen molar-refractivity contribution in [2.75, 3.05) is 0 Å². The normalized spacial score (nSPS) is 25.9. The van der Waals surface area contributed by atoms with Crippen molar-refractivity contribution in [3.05, 3.63) is 12.2 Å². The molecule has 0 amide bonds. The molecule has 4 nitrogen and oxygen atoms in total. The maximum Gasteiger partial charge on any atom is 0.332 e. The first-order valence-electron chi connectivity index (χ1n) is 4.43. The molecule has 4 heteroatoms. The molecular formula is C10H15NO3. The molecule has 0 aliphatic carbocycles. The van der Waals surface area contributed by atoms with Gasteiger partial charge in [-0.3, -0.25) is 0 Å². The van der Waals surface area contributed by atoms with Crippen LogP contribution in [0.25, 0.3) is 0 Å². The van der Waals surface area contributed by atoms with Gasteiger partial charge in [-0.05, 0) is 11.0 Å². The summed E-state index contributed by atoms with van der Waals surface area (Å²) in [5, 5.41) is 8.86. The smallest absolute Gasteiger partial charge is 0.332 e. The zero-order chi connectivity index (χ0) is 10.9. The lowest BCUT2D eigenvalue weighted by molar-refractivity contribution is -0.139. The Morgan fingerprint density at radius 2 is 2.14 bits per heavy atom. The van der Waals surface area contributed by atoms with Gasteiger partial charge in [0.25, 0.3) is 0 Å². The van der Waals surface area contributed by atoms with E-state index in [0.717, 1.165) is 5.57 Å². The van der Waals surface area contributed by atoms with Gasteiger partial charge >= 0.3 is 5.97 Å². The molecule has 1 aliphatic heterocycles. The highest BCUT2D eigenvalue weighted by Gasteiger charge is 2.38. The van der Waals surface area contributed by atoms with Crippen LogP contribution in [0.3, 0.4) is 0 Å². The molecule has 2 unspecified atom stereocenters. The highest BCUT2D eigenvalue weighted by atomic mass is 16.5. The molecule has 0 saturated carbocycles. The molecule has 0 fully saturated rings. The Labute approximate surface area is 83.3 Å². The van der Waals surface area contributed by atoms with Crippen LogP contribution < -0.4 is 0 Å². The molecule has 0 saturated heterocycles. The molecule has 0 bridgehead atoms. The van der Waals surface area contributed by atoms with E-state index in [-0.39, 0.29) is 5.41 Å². The number of carboxylic acid groups (broad SMARTS) is 1. The molecule has 2 atom stereocenters. The van der Waals surface area contributed by atoms with Gasteiger partial charge in [0.2, 0.25) is 0 Å². The average molecular weight is 197 g/mol. The topological polar surface area (TPSA) is 58.9 Å². The van der Waals surface area contributed by atoms with Gasteiger partial charge in [0.1, 0.15) is 0 Å². The molecular weight excluding hydrogens is 182 g/mol. The van der Waals surface area contributed by atoms with E-state index in [1.807, 2.05) is 20.8 Å². The Morgan fingerprint density at radius 1 is 1.57 bits per heavy atom. The Balaban J connectivity index is 2.80. The fourth-order valence-electron chi connectivity index (χ4n) is 1.21. The van der Waals surface area contributed by atoms with E-state index in [9.17, 15) is 4.79 Å². The summed E-state index contributed by atoms with van der Waals surface area (Å²) in [5.74, 6) is -0.978. The number of hydrogen-bond acceptors (Lipinski definition) is 3. The number of carbonyl (C=O) groups is 1. The van der Waals surface area contributed by atoms with E-state index in [0.29, 0.717) is 0 Å². The van der Waals surface area contributed by atoms with Crippen LogP contribution in [0.1, 0.15) is 20.8 Å². The maximum absolute atomic E-state index is 10.8. The zero-order valence-electron chi connectivity index (χ0n) is 8.65. The minimum atomic E-state index is -0.978. The third-order valence-corrected chi connectivity index (χ3v) is 2.28. The molecule has 0 aromatic carbocycles. The number of hydrogen-bond donors (Lipinski definition) is 1. The van der Waals surface area contributed by atoms with Crippen LogP contribution >= 0.6 is 0 Å². The molecule has 1 rings (SSSR count). The lowest BCUT2D eigenvalue weighted by Crippen LogP contribution is -2.35. The number of aliphatic imine (C=N–C) groups is 1. The quantitative estimate of drug-likeness (QED) is 0.682. The molecule has 1 aliphatic rings. The maximum atomic E-state index is 10.8. The highest BCUT2D eigenvalue weighted by Crippen LogP contribution is 2.31. The lowest BCUT2D eigenvalue weighted by Gasteiger charge is -2.27. The SMILES string of the molecule is C=C(C1OC=NC1C(=O)O)C(C)(C)C. The molecule has 0 radical (unpaired) electrons. The Bertz CT molecular complexity index is 288. The fraction of sp³-hybridized carbons (Fsp3) is 0.600. The summed E-state index contributed by atoms with van der Waals surface area (Å²) in [6.45, 7) is 9.78. The second-order valence-electron chi connectivity index (χ2n) is 4.37. The van der Waals surface area contributed by atoms with E-state index in [4.69, 9.17) is 9.84 Å². The average Bonchev–Trinajstić information content (AvgIpc) is 2.48. The largest absolute Gasteiger partial charge is 0.480 e. The number of aliphatic carboxylic acids is 1. The predicted molar refractivity (Wildman–Crippen MR) is 53.4 cm³/mol. The van der Waals surface area contributed by atoms with Crippen molar-refractivity contribution >= 4 is 12.4 Å². The van der Waals surface area contributed by atoms with Gasteiger partial charge in [0.15, 0.2) is 18.5 Å². The van der Waals surface area contributed by atoms with Crippen LogP contribution in [-0.4, -0.2) is 29.6 Å². The number of carboxylic acids is 1. The van der Waals surface area contributed by atoms with Crippen LogP contribution in [-0.2, 0) is 9.53 Å². The van der Waals surface area contributed by atoms with Crippen molar-refractivity contribution in [3.63, 3.8) is 0 Å². The second-order valence-corrected chi connectivity index (χ2v) is 4.37. The standard InChI is InChI=1S/C10H15NO3/c1-6(10(2,3)4)8-7(9(12)13)11-5-14-8/h5,7-8H,1H2,2-4H3,(H,12,13). The van der Waals surface area contributed by atoms with Crippen molar-refractivity contribution < 1.29 is 14.6 Å². The molecule has 14 heavy (non-hydrogen) atoms. The van der Waals surface area contributed by atoms with Gasteiger partial charge in [-0.1, -0.05) is 27.4 Å².